The van der Waals surface area contributed by atoms with Gasteiger partial charge in [-0.25, -0.2) is 13.2 Å². The highest BCUT2D eigenvalue weighted by Gasteiger charge is 2.24. The third kappa shape index (κ3) is 6.42. The topological polar surface area (TPSA) is 124 Å². The Morgan fingerprint density at radius 3 is 2.11 bits per heavy atom. The van der Waals surface area contributed by atoms with Gasteiger partial charge in [-0.05, 0) is 73.0 Å². The number of benzene rings is 3. The number of rotatable bonds is 9. The molecular formula is C26H27ClN2O6S. The monoisotopic (exact) mass is 530 g/mol. The Balaban J connectivity index is 1.71. The predicted octanol–water partition coefficient (Wildman–Crippen LogP) is 4.18. The first-order valence-electron chi connectivity index (χ1n) is 11.1. The van der Waals surface area contributed by atoms with E-state index in [9.17, 15) is 28.2 Å². The van der Waals surface area contributed by atoms with Crippen molar-refractivity contribution in [2.45, 2.75) is 35.3 Å². The van der Waals surface area contributed by atoms with E-state index in [-0.39, 0.29) is 22.2 Å². The minimum absolute atomic E-state index is 0.0586. The van der Waals surface area contributed by atoms with Crippen molar-refractivity contribution >= 4 is 33.4 Å². The van der Waals surface area contributed by atoms with Crippen molar-refractivity contribution in [1.29, 1.82) is 0 Å². The molecule has 3 aromatic carbocycles. The molecule has 0 bridgehead atoms. The fraction of sp³-hybridized carbons (Fsp3) is 0.231. The molecule has 0 saturated carbocycles. The van der Waals surface area contributed by atoms with E-state index in [0.717, 1.165) is 10.5 Å². The van der Waals surface area contributed by atoms with Gasteiger partial charge in [-0.2, -0.15) is 0 Å². The molecule has 190 valence electrons. The molecule has 3 N–H and O–H groups in total. The van der Waals surface area contributed by atoms with Crippen LogP contribution in [0.5, 0.6) is 0 Å². The summed E-state index contributed by atoms with van der Waals surface area (Å²) >= 11 is 5.97. The molecular weight excluding hydrogens is 504 g/mol. The second kappa shape index (κ2) is 11.6. The summed E-state index contributed by atoms with van der Waals surface area (Å²) in [5.41, 5.74) is 1.60. The average Bonchev–Trinajstić information content (AvgIpc) is 2.86. The molecule has 2 amide bonds. The lowest BCUT2D eigenvalue weighted by Crippen LogP contribution is -2.41. The molecule has 0 heterocycles. The number of carboxylic acid groups (broad SMARTS) is 1. The van der Waals surface area contributed by atoms with E-state index in [1.165, 1.54) is 43.4 Å². The maximum absolute atomic E-state index is 13.0. The van der Waals surface area contributed by atoms with Crippen LogP contribution in [0.4, 0.5) is 4.79 Å². The molecule has 0 fully saturated rings. The van der Waals surface area contributed by atoms with Crippen molar-refractivity contribution in [3.8, 4) is 0 Å². The maximum atomic E-state index is 13.0. The molecule has 0 radical (unpaired) electrons. The van der Waals surface area contributed by atoms with Crippen LogP contribution in [-0.2, 0) is 16.3 Å². The van der Waals surface area contributed by atoms with Crippen LogP contribution in [0, 0.1) is 0 Å². The zero-order chi connectivity index (χ0) is 26.5. The Morgan fingerprint density at radius 2 is 1.58 bits per heavy atom. The highest BCUT2D eigenvalue weighted by Crippen LogP contribution is 2.24. The van der Waals surface area contributed by atoms with Gasteiger partial charge in [0.25, 0.3) is 5.91 Å². The number of hydrogen-bond donors (Lipinski definition) is 3. The van der Waals surface area contributed by atoms with E-state index < -0.39 is 28.1 Å². The Morgan fingerprint density at radius 1 is 1.00 bits per heavy atom. The van der Waals surface area contributed by atoms with Crippen LogP contribution in [0.25, 0.3) is 0 Å². The number of hydrogen-bond acceptors (Lipinski definition) is 5. The molecule has 0 spiro atoms. The van der Waals surface area contributed by atoms with Gasteiger partial charge in [0.05, 0.1) is 22.4 Å². The van der Waals surface area contributed by atoms with Crippen LogP contribution in [0.3, 0.4) is 0 Å². The van der Waals surface area contributed by atoms with Crippen molar-refractivity contribution < 1.29 is 28.2 Å². The first-order chi connectivity index (χ1) is 17.0. The molecule has 10 heteroatoms. The molecule has 3 rings (SSSR count). The average molecular weight is 531 g/mol. The van der Waals surface area contributed by atoms with E-state index in [0.29, 0.717) is 22.6 Å². The molecule has 0 aliphatic rings. The van der Waals surface area contributed by atoms with Crippen LogP contribution in [0.15, 0.2) is 82.6 Å². The van der Waals surface area contributed by atoms with Crippen LogP contribution in [0.1, 0.15) is 34.5 Å². The van der Waals surface area contributed by atoms with Gasteiger partial charge in [-0.3, -0.25) is 4.79 Å². The number of sulfone groups is 1. The van der Waals surface area contributed by atoms with E-state index in [4.69, 9.17) is 11.6 Å². The van der Waals surface area contributed by atoms with E-state index in [1.807, 2.05) is 0 Å². The maximum Gasteiger partial charge on any atom is 0.407 e. The number of aliphatic hydroxyl groups is 1. The summed E-state index contributed by atoms with van der Waals surface area (Å²) in [6.07, 6.45) is -1.91. The zero-order valence-corrected chi connectivity index (χ0v) is 21.3. The number of nitrogens with one attached hydrogen (secondary N) is 1. The molecule has 0 aromatic heterocycles. The number of halogens is 1. The molecule has 3 aromatic rings. The highest BCUT2D eigenvalue weighted by atomic mass is 35.5. The molecule has 2 atom stereocenters. The summed E-state index contributed by atoms with van der Waals surface area (Å²) in [5, 5.41) is 23.1. The van der Waals surface area contributed by atoms with Gasteiger partial charge in [0.15, 0.2) is 0 Å². The van der Waals surface area contributed by atoms with Crippen molar-refractivity contribution in [2.24, 2.45) is 0 Å². The summed E-state index contributed by atoms with van der Waals surface area (Å²) in [7, 11) is -2.30. The van der Waals surface area contributed by atoms with Gasteiger partial charge < -0.3 is 20.4 Å². The Bertz CT molecular complexity index is 1330. The Hall–Kier alpha value is -3.40. The molecule has 0 saturated heterocycles. The molecule has 0 unspecified atom stereocenters. The van der Waals surface area contributed by atoms with E-state index >= 15 is 0 Å². The van der Waals surface area contributed by atoms with Crippen molar-refractivity contribution in [3.63, 3.8) is 0 Å². The Labute approximate surface area is 215 Å². The van der Waals surface area contributed by atoms with Gasteiger partial charge in [0.2, 0.25) is 9.84 Å². The predicted molar refractivity (Wildman–Crippen MR) is 136 cm³/mol. The van der Waals surface area contributed by atoms with Crippen molar-refractivity contribution in [1.82, 2.24) is 10.2 Å². The fourth-order valence-electron chi connectivity index (χ4n) is 3.77. The smallest absolute Gasteiger partial charge is 0.407 e. The number of nitrogens with zero attached hydrogens (tertiary/aromatic N) is 1. The first kappa shape index (κ1) is 27.2. The lowest BCUT2D eigenvalue weighted by Gasteiger charge is -2.29. The number of amides is 2. The third-order valence-corrected chi connectivity index (χ3v) is 7.82. The van der Waals surface area contributed by atoms with Crippen LogP contribution >= 0.6 is 11.6 Å². The van der Waals surface area contributed by atoms with Gasteiger partial charge in [0, 0.05) is 23.7 Å². The second-order valence-electron chi connectivity index (χ2n) is 8.31. The lowest BCUT2D eigenvalue weighted by molar-refractivity contribution is 0.0799. The standard InChI is InChI=1S/C26H27ClN2O6S/c1-17(29(26(32)33)16-24(30)20-4-3-5-21(27)15-20)14-18-6-10-22(11-7-18)36(34,35)23-12-8-19(9-13-23)25(31)28-2/h3-13,15,17,24,30H,14,16H2,1-2H3,(H,28,31)(H,32,33)/t17-,24-/m1/s1. The van der Waals surface area contributed by atoms with Crippen LogP contribution in [0.2, 0.25) is 5.02 Å². The van der Waals surface area contributed by atoms with Crippen LogP contribution < -0.4 is 5.32 Å². The highest BCUT2D eigenvalue weighted by molar-refractivity contribution is 7.91. The largest absolute Gasteiger partial charge is 0.465 e. The number of carbonyl (C=O) groups is 2. The Kier molecular flexibility index (Phi) is 8.73. The van der Waals surface area contributed by atoms with Gasteiger partial charge >= 0.3 is 6.09 Å². The second-order valence-corrected chi connectivity index (χ2v) is 10.7. The summed E-state index contributed by atoms with van der Waals surface area (Å²) < 4.78 is 25.9. The van der Waals surface area contributed by atoms with Gasteiger partial charge in [-0.1, -0.05) is 35.9 Å². The fourth-order valence-corrected chi connectivity index (χ4v) is 5.23. The zero-order valence-electron chi connectivity index (χ0n) is 19.8. The summed E-state index contributed by atoms with van der Waals surface area (Å²) in [5.74, 6) is -0.312. The third-order valence-electron chi connectivity index (χ3n) is 5.80. The quantitative estimate of drug-likeness (QED) is 0.381. The molecule has 8 nitrogen and oxygen atoms in total. The first-order valence-corrected chi connectivity index (χ1v) is 13.0. The van der Waals surface area contributed by atoms with Gasteiger partial charge in [0.1, 0.15) is 0 Å². The van der Waals surface area contributed by atoms with Crippen molar-refractivity contribution in [2.75, 3.05) is 13.6 Å². The van der Waals surface area contributed by atoms with E-state index in [1.54, 1.807) is 43.3 Å². The molecule has 0 aliphatic carbocycles. The summed E-state index contributed by atoms with van der Waals surface area (Å²) in [6.45, 7) is 1.58. The summed E-state index contributed by atoms with van der Waals surface area (Å²) in [6, 6.07) is 18.0. The van der Waals surface area contributed by atoms with Crippen LogP contribution in [-0.4, -0.2) is 55.2 Å². The minimum atomic E-state index is -3.79. The number of carbonyl (C=O) groups excluding carboxylic acids is 1. The SMILES string of the molecule is CNC(=O)c1ccc(S(=O)(=O)c2ccc(C[C@@H](C)N(C[C@@H](O)c3cccc(Cl)c3)C(=O)O)cc2)cc1. The minimum Gasteiger partial charge on any atom is -0.465 e. The molecule has 0 aliphatic heterocycles. The normalized spacial score (nSPS) is 13.0. The molecule has 36 heavy (non-hydrogen) atoms. The number of aliphatic hydroxyl groups excluding tert-OH is 1. The van der Waals surface area contributed by atoms with Crippen molar-refractivity contribution in [3.05, 3.63) is 94.5 Å². The summed E-state index contributed by atoms with van der Waals surface area (Å²) in [4.78, 5) is 24.8. The lowest BCUT2D eigenvalue weighted by atomic mass is 10.0. The van der Waals surface area contributed by atoms with E-state index in [2.05, 4.69) is 5.32 Å². The van der Waals surface area contributed by atoms with Gasteiger partial charge in [-0.15, -0.1) is 0 Å².